The largest absolute Gasteiger partial charge is 0.501 e. The second-order valence-corrected chi connectivity index (χ2v) is 9.29. The Hall–Kier alpha value is 0.0969. The maximum atomic E-state index is 6.34. The van der Waals surface area contributed by atoms with Gasteiger partial charge in [-0.15, -0.1) is 0 Å². The minimum Gasteiger partial charge on any atom is -0.374 e. The highest BCUT2D eigenvalue weighted by atomic mass is 28.4. The molecule has 4 heteroatoms. The van der Waals surface area contributed by atoms with Gasteiger partial charge in [-0.05, 0) is 39.5 Å². The van der Waals surface area contributed by atoms with Crippen LogP contribution in [-0.4, -0.2) is 28.1 Å². The average molecular weight is 333 g/mol. The Morgan fingerprint density at radius 2 is 1.36 bits per heavy atom. The van der Waals surface area contributed by atoms with Crippen LogP contribution in [0.3, 0.4) is 0 Å². The number of unbranched alkanes of at least 4 members (excludes halogenated alkanes) is 3. The van der Waals surface area contributed by atoms with Crippen LogP contribution in [0.1, 0.15) is 86.5 Å². The first-order valence-corrected chi connectivity index (χ1v) is 11.4. The number of hydrogen-bond acceptors (Lipinski definition) is 3. The molecule has 1 atom stereocenters. The van der Waals surface area contributed by atoms with Crippen LogP contribution in [0.4, 0.5) is 0 Å². The summed E-state index contributed by atoms with van der Waals surface area (Å²) in [6.45, 7) is 14.4. The molecule has 0 heterocycles. The van der Waals surface area contributed by atoms with E-state index in [-0.39, 0.29) is 6.10 Å². The van der Waals surface area contributed by atoms with Gasteiger partial charge in [0.25, 0.3) is 0 Å². The quantitative estimate of drug-likeness (QED) is 0.280. The smallest absolute Gasteiger partial charge is 0.374 e. The van der Waals surface area contributed by atoms with Gasteiger partial charge in [0.1, 0.15) is 0 Å². The van der Waals surface area contributed by atoms with Crippen molar-refractivity contribution in [2.45, 2.75) is 98.6 Å². The molecule has 22 heavy (non-hydrogen) atoms. The summed E-state index contributed by atoms with van der Waals surface area (Å²) in [5, 5.41) is 0. The lowest BCUT2D eigenvalue weighted by Gasteiger charge is -2.31. The second kappa shape index (κ2) is 13.5. The number of rotatable bonds is 15. The van der Waals surface area contributed by atoms with Gasteiger partial charge in [0.2, 0.25) is 0 Å². The molecular weight excluding hydrogens is 292 g/mol. The highest BCUT2D eigenvalue weighted by Gasteiger charge is 2.41. The first-order chi connectivity index (χ1) is 10.5. The fourth-order valence-corrected chi connectivity index (χ4v) is 5.70. The summed E-state index contributed by atoms with van der Waals surface area (Å²) < 4.78 is 18.3. The van der Waals surface area contributed by atoms with Crippen LogP contribution in [0.25, 0.3) is 0 Å². The first-order valence-electron chi connectivity index (χ1n) is 9.45. The zero-order valence-corrected chi connectivity index (χ0v) is 17.0. The Bertz CT molecular complexity index is 240. The van der Waals surface area contributed by atoms with Crippen molar-refractivity contribution in [3.05, 3.63) is 0 Å². The van der Waals surface area contributed by atoms with Gasteiger partial charge in [-0.25, -0.2) is 0 Å². The fourth-order valence-electron chi connectivity index (χ4n) is 2.67. The molecule has 0 bridgehead atoms. The van der Waals surface area contributed by atoms with E-state index in [1.165, 1.54) is 25.7 Å². The van der Waals surface area contributed by atoms with Crippen LogP contribution >= 0.6 is 0 Å². The van der Waals surface area contributed by atoms with Crippen molar-refractivity contribution in [1.82, 2.24) is 0 Å². The predicted octanol–water partition coefficient (Wildman–Crippen LogP) is 5.81. The SMILES string of the molecule is CCCC[Si](OCC)(OCC)OC(C)CCCCCC(C)C. The van der Waals surface area contributed by atoms with Crippen molar-refractivity contribution < 1.29 is 13.3 Å². The highest BCUT2D eigenvalue weighted by molar-refractivity contribution is 6.60. The van der Waals surface area contributed by atoms with E-state index < -0.39 is 8.80 Å². The minimum atomic E-state index is -2.47. The maximum Gasteiger partial charge on any atom is 0.501 e. The molecule has 0 N–H and O–H groups in total. The molecule has 0 fully saturated rings. The maximum absolute atomic E-state index is 6.34. The molecule has 0 spiro atoms. The summed E-state index contributed by atoms with van der Waals surface area (Å²) in [5.74, 6) is 0.818. The van der Waals surface area contributed by atoms with Gasteiger partial charge < -0.3 is 13.3 Å². The lowest BCUT2D eigenvalue weighted by Crippen LogP contribution is -2.48. The van der Waals surface area contributed by atoms with Crippen LogP contribution in [-0.2, 0) is 13.3 Å². The lowest BCUT2D eigenvalue weighted by atomic mass is 10.0. The van der Waals surface area contributed by atoms with Crippen molar-refractivity contribution in [3.8, 4) is 0 Å². The van der Waals surface area contributed by atoms with E-state index in [0.717, 1.165) is 31.2 Å². The van der Waals surface area contributed by atoms with Gasteiger partial charge in [0, 0.05) is 25.4 Å². The molecule has 0 aromatic rings. The van der Waals surface area contributed by atoms with E-state index in [1.54, 1.807) is 0 Å². The summed E-state index contributed by atoms with van der Waals surface area (Å²) in [4.78, 5) is 0. The van der Waals surface area contributed by atoms with Gasteiger partial charge in [-0.1, -0.05) is 52.9 Å². The molecule has 0 saturated carbocycles. The molecule has 0 saturated heterocycles. The van der Waals surface area contributed by atoms with Crippen LogP contribution in [0, 0.1) is 5.92 Å². The summed E-state index contributed by atoms with van der Waals surface area (Å²) in [6.07, 6.45) is 8.83. The zero-order valence-electron chi connectivity index (χ0n) is 16.0. The molecule has 0 aliphatic heterocycles. The van der Waals surface area contributed by atoms with Gasteiger partial charge in [-0.3, -0.25) is 0 Å². The van der Waals surface area contributed by atoms with E-state index >= 15 is 0 Å². The molecular formula is C18H40O3Si. The lowest BCUT2D eigenvalue weighted by molar-refractivity contribution is 0.0343. The molecule has 1 unspecified atom stereocenters. The zero-order chi connectivity index (χ0) is 16.8. The first kappa shape index (κ1) is 22.1. The standard InChI is InChI=1S/C18H40O3Si/c1-7-10-16-22(19-8-2,20-9-3)21-18(6)15-13-11-12-14-17(4)5/h17-18H,7-16H2,1-6H3. The van der Waals surface area contributed by atoms with E-state index in [9.17, 15) is 0 Å². The van der Waals surface area contributed by atoms with Gasteiger partial charge >= 0.3 is 8.80 Å². The Kier molecular flexibility index (Phi) is 13.6. The van der Waals surface area contributed by atoms with E-state index in [4.69, 9.17) is 13.3 Å². The fraction of sp³-hybridized carbons (Fsp3) is 1.00. The summed E-state index contributed by atoms with van der Waals surface area (Å²) in [7, 11) is -2.47. The van der Waals surface area contributed by atoms with Gasteiger partial charge in [-0.2, -0.15) is 0 Å². The molecule has 0 radical (unpaired) electrons. The minimum absolute atomic E-state index is 0.237. The second-order valence-electron chi connectivity index (χ2n) is 6.61. The van der Waals surface area contributed by atoms with Crippen molar-refractivity contribution in [2.24, 2.45) is 5.92 Å². The van der Waals surface area contributed by atoms with Crippen LogP contribution in [0.15, 0.2) is 0 Å². The third kappa shape index (κ3) is 10.8. The Morgan fingerprint density at radius 3 is 1.86 bits per heavy atom. The monoisotopic (exact) mass is 332 g/mol. The van der Waals surface area contributed by atoms with E-state index in [2.05, 4.69) is 27.7 Å². The number of hydrogen-bond donors (Lipinski definition) is 0. The van der Waals surface area contributed by atoms with Crippen LogP contribution in [0.5, 0.6) is 0 Å². The summed E-state index contributed by atoms with van der Waals surface area (Å²) in [5.41, 5.74) is 0. The van der Waals surface area contributed by atoms with E-state index in [1.807, 2.05) is 13.8 Å². The molecule has 0 aliphatic rings. The third-order valence-corrected chi connectivity index (χ3v) is 7.02. The normalized spacial score (nSPS) is 13.8. The Labute approximate surface area is 140 Å². The van der Waals surface area contributed by atoms with Crippen molar-refractivity contribution in [2.75, 3.05) is 13.2 Å². The highest BCUT2D eigenvalue weighted by Crippen LogP contribution is 2.23. The van der Waals surface area contributed by atoms with Crippen molar-refractivity contribution >= 4 is 8.80 Å². The topological polar surface area (TPSA) is 27.7 Å². The Balaban J connectivity index is 4.25. The summed E-state index contributed by atoms with van der Waals surface area (Å²) in [6, 6.07) is 0.947. The third-order valence-electron chi connectivity index (χ3n) is 3.84. The predicted molar refractivity (Wildman–Crippen MR) is 97.2 cm³/mol. The molecule has 0 amide bonds. The molecule has 134 valence electrons. The Morgan fingerprint density at radius 1 is 0.773 bits per heavy atom. The molecule has 0 aromatic carbocycles. The molecule has 0 rings (SSSR count). The summed E-state index contributed by atoms with van der Waals surface area (Å²) >= 11 is 0. The van der Waals surface area contributed by atoms with Crippen LogP contribution < -0.4 is 0 Å². The molecule has 3 nitrogen and oxygen atoms in total. The van der Waals surface area contributed by atoms with E-state index in [0.29, 0.717) is 13.2 Å². The van der Waals surface area contributed by atoms with Crippen LogP contribution in [0.2, 0.25) is 6.04 Å². The van der Waals surface area contributed by atoms with Crippen molar-refractivity contribution in [3.63, 3.8) is 0 Å². The van der Waals surface area contributed by atoms with Gasteiger partial charge in [0.15, 0.2) is 0 Å². The molecule has 0 aliphatic carbocycles. The van der Waals surface area contributed by atoms with Crippen molar-refractivity contribution in [1.29, 1.82) is 0 Å². The van der Waals surface area contributed by atoms with Gasteiger partial charge in [0.05, 0.1) is 0 Å². The average Bonchev–Trinajstić information content (AvgIpc) is 2.45. The molecule has 0 aromatic heterocycles.